The van der Waals surface area contributed by atoms with Gasteiger partial charge in [-0.05, 0) is 18.2 Å². The minimum Gasteiger partial charge on any atom is -0.366 e. The van der Waals surface area contributed by atoms with Gasteiger partial charge in [0.05, 0.1) is 23.9 Å². The number of nitrogens with two attached hydrogens (primary N) is 1. The Kier molecular flexibility index (Phi) is 2.14. The molecular formula is C11H9N3O. The summed E-state index contributed by atoms with van der Waals surface area (Å²) >= 11 is 0. The maximum absolute atomic E-state index is 11.0. The van der Waals surface area contributed by atoms with Crippen molar-refractivity contribution in [2.45, 2.75) is 6.54 Å². The van der Waals surface area contributed by atoms with Crippen molar-refractivity contribution < 1.29 is 4.79 Å². The van der Waals surface area contributed by atoms with Gasteiger partial charge in [-0.25, -0.2) is 4.98 Å². The van der Waals surface area contributed by atoms with E-state index in [1.54, 1.807) is 29.1 Å². The molecule has 2 N–H and O–H groups in total. The van der Waals surface area contributed by atoms with Gasteiger partial charge in [-0.3, -0.25) is 4.79 Å². The molecule has 2 aromatic rings. The number of terminal acetylenes is 1. The maximum atomic E-state index is 11.0. The van der Waals surface area contributed by atoms with Crippen molar-refractivity contribution in [3.8, 4) is 12.3 Å². The highest BCUT2D eigenvalue weighted by Gasteiger charge is 2.05. The molecule has 0 aliphatic heterocycles. The van der Waals surface area contributed by atoms with Gasteiger partial charge in [0, 0.05) is 5.56 Å². The van der Waals surface area contributed by atoms with E-state index in [9.17, 15) is 4.79 Å². The lowest BCUT2D eigenvalue weighted by atomic mass is 10.2. The maximum Gasteiger partial charge on any atom is 0.248 e. The van der Waals surface area contributed by atoms with E-state index in [4.69, 9.17) is 12.2 Å². The van der Waals surface area contributed by atoms with E-state index in [2.05, 4.69) is 10.9 Å². The predicted octanol–water partition coefficient (Wildman–Crippen LogP) is 0.768. The van der Waals surface area contributed by atoms with Crippen LogP contribution in [0.15, 0.2) is 24.5 Å². The van der Waals surface area contributed by atoms with Gasteiger partial charge in [0.2, 0.25) is 5.91 Å². The van der Waals surface area contributed by atoms with E-state index < -0.39 is 5.91 Å². The lowest BCUT2D eigenvalue weighted by Crippen LogP contribution is -2.10. The average Bonchev–Trinajstić information content (AvgIpc) is 2.61. The Morgan fingerprint density at radius 1 is 1.60 bits per heavy atom. The Hall–Kier alpha value is -2.28. The molecule has 0 bridgehead atoms. The molecule has 4 heteroatoms. The van der Waals surface area contributed by atoms with Crippen molar-refractivity contribution in [1.29, 1.82) is 0 Å². The fourth-order valence-electron chi connectivity index (χ4n) is 1.43. The summed E-state index contributed by atoms with van der Waals surface area (Å²) in [5, 5.41) is 0. The molecule has 1 heterocycles. The lowest BCUT2D eigenvalue weighted by Gasteiger charge is -1.99. The molecule has 15 heavy (non-hydrogen) atoms. The number of aromatic nitrogens is 2. The summed E-state index contributed by atoms with van der Waals surface area (Å²) in [5.74, 6) is 2.06. The zero-order valence-electron chi connectivity index (χ0n) is 7.97. The molecule has 0 atom stereocenters. The third-order valence-electron chi connectivity index (χ3n) is 2.17. The minimum absolute atomic E-state index is 0.429. The van der Waals surface area contributed by atoms with Crippen molar-refractivity contribution in [2.75, 3.05) is 0 Å². The van der Waals surface area contributed by atoms with Crippen LogP contribution in [-0.2, 0) is 6.54 Å². The van der Waals surface area contributed by atoms with Crippen LogP contribution in [0.4, 0.5) is 0 Å². The van der Waals surface area contributed by atoms with Crippen LogP contribution in [0.1, 0.15) is 10.4 Å². The molecule has 74 valence electrons. The molecule has 0 radical (unpaired) electrons. The number of primary amides is 1. The third-order valence-corrected chi connectivity index (χ3v) is 2.17. The first kappa shape index (κ1) is 9.28. The van der Waals surface area contributed by atoms with Crippen molar-refractivity contribution in [1.82, 2.24) is 9.55 Å². The predicted molar refractivity (Wildman–Crippen MR) is 57.1 cm³/mol. The molecule has 0 spiro atoms. The van der Waals surface area contributed by atoms with Crippen molar-refractivity contribution in [2.24, 2.45) is 5.73 Å². The van der Waals surface area contributed by atoms with Crippen LogP contribution in [0.5, 0.6) is 0 Å². The lowest BCUT2D eigenvalue weighted by molar-refractivity contribution is 0.100. The van der Waals surface area contributed by atoms with Gasteiger partial charge >= 0.3 is 0 Å². The average molecular weight is 199 g/mol. The minimum atomic E-state index is -0.453. The first-order chi connectivity index (χ1) is 7.22. The van der Waals surface area contributed by atoms with E-state index in [1.165, 1.54) is 0 Å². The Morgan fingerprint density at radius 3 is 3.07 bits per heavy atom. The van der Waals surface area contributed by atoms with E-state index in [-0.39, 0.29) is 0 Å². The Labute approximate surface area is 86.7 Å². The third kappa shape index (κ3) is 1.55. The quantitative estimate of drug-likeness (QED) is 0.726. The van der Waals surface area contributed by atoms with Crippen molar-refractivity contribution in [3.63, 3.8) is 0 Å². The number of rotatable bonds is 2. The van der Waals surface area contributed by atoms with Crippen LogP contribution in [-0.4, -0.2) is 15.5 Å². The first-order valence-corrected chi connectivity index (χ1v) is 4.40. The van der Waals surface area contributed by atoms with Crippen LogP contribution >= 0.6 is 0 Å². The molecule has 1 amide bonds. The molecule has 0 saturated carbocycles. The van der Waals surface area contributed by atoms with Crippen LogP contribution in [0.25, 0.3) is 11.0 Å². The Bertz CT molecular complexity index is 563. The highest BCUT2D eigenvalue weighted by atomic mass is 16.1. The molecule has 1 aromatic heterocycles. The Morgan fingerprint density at radius 2 is 2.40 bits per heavy atom. The van der Waals surface area contributed by atoms with Gasteiger partial charge in [0.1, 0.15) is 0 Å². The zero-order chi connectivity index (χ0) is 10.8. The molecule has 0 saturated heterocycles. The molecule has 0 unspecified atom stereocenters. The topological polar surface area (TPSA) is 60.9 Å². The monoisotopic (exact) mass is 199 g/mol. The number of nitrogens with zero attached hydrogens (tertiary/aromatic N) is 2. The van der Waals surface area contributed by atoms with Gasteiger partial charge in [0.15, 0.2) is 0 Å². The second-order valence-electron chi connectivity index (χ2n) is 3.14. The molecule has 2 rings (SSSR count). The molecule has 1 aromatic carbocycles. The smallest absolute Gasteiger partial charge is 0.248 e. The second kappa shape index (κ2) is 3.46. The number of carbonyl (C=O) groups excluding carboxylic acids is 1. The molecule has 0 aliphatic carbocycles. The summed E-state index contributed by atoms with van der Waals surface area (Å²) in [6, 6.07) is 5.10. The standard InChI is InChI=1S/C11H9N3O/c1-2-5-14-7-13-9-4-3-8(11(12)15)6-10(9)14/h1,3-4,6-7H,5H2,(H2,12,15). The highest BCUT2D eigenvalue weighted by molar-refractivity contribution is 5.96. The van der Waals surface area contributed by atoms with E-state index >= 15 is 0 Å². The number of imidazole rings is 1. The summed E-state index contributed by atoms with van der Waals surface area (Å²) in [7, 11) is 0. The molecule has 4 nitrogen and oxygen atoms in total. The number of amides is 1. The summed E-state index contributed by atoms with van der Waals surface area (Å²) in [6.07, 6.45) is 6.87. The summed E-state index contributed by atoms with van der Waals surface area (Å²) in [6.45, 7) is 0.429. The van der Waals surface area contributed by atoms with Gasteiger partial charge in [-0.1, -0.05) is 5.92 Å². The van der Waals surface area contributed by atoms with Gasteiger partial charge in [0.25, 0.3) is 0 Å². The molecular weight excluding hydrogens is 190 g/mol. The summed E-state index contributed by atoms with van der Waals surface area (Å²) < 4.78 is 1.79. The van der Waals surface area contributed by atoms with Crippen LogP contribution in [0, 0.1) is 12.3 Å². The normalized spacial score (nSPS) is 10.1. The summed E-state index contributed by atoms with van der Waals surface area (Å²) in [4.78, 5) is 15.1. The number of hydrogen-bond donors (Lipinski definition) is 1. The van der Waals surface area contributed by atoms with Crippen molar-refractivity contribution in [3.05, 3.63) is 30.1 Å². The largest absolute Gasteiger partial charge is 0.366 e. The fourth-order valence-corrected chi connectivity index (χ4v) is 1.43. The van der Waals surface area contributed by atoms with Crippen LogP contribution in [0.2, 0.25) is 0 Å². The SMILES string of the molecule is C#CCn1cnc2ccc(C(N)=O)cc21. The Balaban J connectivity index is 2.62. The first-order valence-electron chi connectivity index (χ1n) is 4.40. The second-order valence-corrected chi connectivity index (χ2v) is 3.14. The number of hydrogen-bond acceptors (Lipinski definition) is 2. The van der Waals surface area contributed by atoms with Gasteiger partial charge in [-0.2, -0.15) is 0 Å². The number of fused-ring (bicyclic) bond motifs is 1. The summed E-state index contributed by atoms with van der Waals surface area (Å²) in [5.41, 5.74) is 7.27. The van der Waals surface area contributed by atoms with Crippen LogP contribution < -0.4 is 5.73 Å². The fraction of sp³-hybridized carbons (Fsp3) is 0.0909. The van der Waals surface area contributed by atoms with Gasteiger partial charge in [-0.15, -0.1) is 6.42 Å². The van der Waals surface area contributed by atoms with Crippen molar-refractivity contribution >= 4 is 16.9 Å². The molecule has 0 aliphatic rings. The molecule has 0 fully saturated rings. The van der Waals surface area contributed by atoms with Gasteiger partial charge < -0.3 is 10.3 Å². The number of benzene rings is 1. The van der Waals surface area contributed by atoms with E-state index in [0.717, 1.165) is 11.0 Å². The zero-order valence-corrected chi connectivity index (χ0v) is 7.97. The van der Waals surface area contributed by atoms with Crippen LogP contribution in [0.3, 0.4) is 0 Å². The number of carbonyl (C=O) groups is 1. The highest BCUT2D eigenvalue weighted by Crippen LogP contribution is 2.14. The van der Waals surface area contributed by atoms with E-state index in [0.29, 0.717) is 12.1 Å². The van der Waals surface area contributed by atoms with E-state index in [1.807, 2.05) is 0 Å².